The van der Waals surface area contributed by atoms with Crippen LogP contribution in [0.25, 0.3) is 0 Å². The lowest BCUT2D eigenvalue weighted by atomic mass is 9.60. The Morgan fingerprint density at radius 1 is 1.44 bits per heavy atom. The van der Waals surface area contributed by atoms with Crippen molar-refractivity contribution in [1.29, 1.82) is 0 Å². The maximum Gasteiger partial charge on any atom is 0.0545 e. The second kappa shape index (κ2) is 1.72. The van der Waals surface area contributed by atoms with E-state index in [0.29, 0.717) is 5.41 Å². The number of hydrogen-bond acceptors (Lipinski definition) is 1. The van der Waals surface area contributed by atoms with Crippen molar-refractivity contribution in [1.82, 2.24) is 0 Å². The number of ether oxygens (including phenoxy) is 1. The molecule has 1 nitrogen and oxygen atoms in total. The van der Waals surface area contributed by atoms with E-state index in [1.54, 1.807) is 0 Å². The molecule has 0 bridgehead atoms. The Kier molecular flexibility index (Phi) is 1.10. The standard InChI is InChI=1S/C8H14O/c1-2-7-3-8(4-7)5-9-6-8/h7H,2-6H2,1H3. The predicted octanol–water partition coefficient (Wildman–Crippen LogP) is 1.82. The van der Waals surface area contributed by atoms with Crippen LogP contribution in [0.2, 0.25) is 0 Å². The highest BCUT2D eigenvalue weighted by molar-refractivity contribution is 4.97. The fourth-order valence-corrected chi connectivity index (χ4v) is 2.08. The van der Waals surface area contributed by atoms with Crippen LogP contribution in [0, 0.1) is 11.3 Å². The van der Waals surface area contributed by atoms with Crippen molar-refractivity contribution in [2.24, 2.45) is 11.3 Å². The van der Waals surface area contributed by atoms with Crippen molar-refractivity contribution < 1.29 is 4.74 Å². The molecule has 2 rings (SSSR count). The first-order valence-corrected chi connectivity index (χ1v) is 3.92. The Morgan fingerprint density at radius 3 is 2.44 bits per heavy atom. The van der Waals surface area contributed by atoms with Crippen molar-refractivity contribution in [3.63, 3.8) is 0 Å². The fourth-order valence-electron chi connectivity index (χ4n) is 2.08. The number of rotatable bonds is 1. The summed E-state index contributed by atoms with van der Waals surface area (Å²) < 4.78 is 5.17. The van der Waals surface area contributed by atoms with Gasteiger partial charge >= 0.3 is 0 Å². The second-order valence-corrected chi connectivity index (χ2v) is 3.68. The monoisotopic (exact) mass is 126 g/mol. The van der Waals surface area contributed by atoms with Gasteiger partial charge in [0.05, 0.1) is 13.2 Å². The van der Waals surface area contributed by atoms with E-state index in [4.69, 9.17) is 4.74 Å². The minimum atomic E-state index is 0.695. The van der Waals surface area contributed by atoms with Crippen LogP contribution in [0.4, 0.5) is 0 Å². The highest BCUT2D eigenvalue weighted by Crippen LogP contribution is 2.51. The molecule has 1 saturated heterocycles. The van der Waals surface area contributed by atoms with Gasteiger partial charge in [-0.2, -0.15) is 0 Å². The minimum absolute atomic E-state index is 0.695. The van der Waals surface area contributed by atoms with Gasteiger partial charge in [-0.15, -0.1) is 0 Å². The van der Waals surface area contributed by atoms with Crippen molar-refractivity contribution in [2.75, 3.05) is 13.2 Å². The minimum Gasteiger partial charge on any atom is -0.380 e. The summed E-state index contributed by atoms with van der Waals surface area (Å²) in [7, 11) is 0. The zero-order valence-electron chi connectivity index (χ0n) is 6.02. The molecule has 0 unspecified atom stereocenters. The van der Waals surface area contributed by atoms with Gasteiger partial charge in [-0.3, -0.25) is 0 Å². The Balaban J connectivity index is 1.82. The van der Waals surface area contributed by atoms with Crippen LogP contribution in [0.15, 0.2) is 0 Å². The van der Waals surface area contributed by atoms with Gasteiger partial charge in [-0.1, -0.05) is 13.3 Å². The van der Waals surface area contributed by atoms with Crippen LogP contribution < -0.4 is 0 Å². The van der Waals surface area contributed by atoms with E-state index >= 15 is 0 Å². The molecule has 0 atom stereocenters. The van der Waals surface area contributed by atoms with Gasteiger partial charge in [0.2, 0.25) is 0 Å². The zero-order valence-corrected chi connectivity index (χ0v) is 6.02. The summed E-state index contributed by atoms with van der Waals surface area (Å²) in [6.45, 7) is 4.41. The lowest BCUT2D eigenvalue weighted by Crippen LogP contribution is -2.51. The Labute approximate surface area is 56.4 Å². The summed E-state index contributed by atoms with van der Waals surface area (Å²) in [6, 6.07) is 0. The molecule has 0 amide bonds. The van der Waals surface area contributed by atoms with Crippen molar-refractivity contribution in [3.05, 3.63) is 0 Å². The summed E-state index contributed by atoms with van der Waals surface area (Å²) in [6.07, 6.45) is 4.27. The maximum absolute atomic E-state index is 5.17. The fraction of sp³-hybridized carbons (Fsp3) is 1.00. The molecule has 2 aliphatic rings. The summed E-state index contributed by atoms with van der Waals surface area (Å²) in [5.41, 5.74) is 0.695. The molecule has 0 radical (unpaired) electrons. The van der Waals surface area contributed by atoms with Crippen LogP contribution in [0.3, 0.4) is 0 Å². The van der Waals surface area contributed by atoms with E-state index in [0.717, 1.165) is 19.1 Å². The smallest absolute Gasteiger partial charge is 0.0545 e. The van der Waals surface area contributed by atoms with Crippen LogP contribution in [0.5, 0.6) is 0 Å². The van der Waals surface area contributed by atoms with E-state index < -0.39 is 0 Å². The molecule has 0 aromatic rings. The van der Waals surface area contributed by atoms with E-state index in [1.165, 1.54) is 19.3 Å². The van der Waals surface area contributed by atoms with Gasteiger partial charge < -0.3 is 4.74 Å². The highest BCUT2D eigenvalue weighted by atomic mass is 16.5. The molecular weight excluding hydrogens is 112 g/mol. The normalized spacial score (nSPS) is 31.7. The van der Waals surface area contributed by atoms with E-state index in [1.807, 2.05) is 0 Å². The third kappa shape index (κ3) is 0.710. The Hall–Kier alpha value is -0.0400. The third-order valence-electron chi connectivity index (χ3n) is 2.84. The molecule has 52 valence electrons. The molecular formula is C8H14O. The summed E-state index contributed by atoms with van der Waals surface area (Å²) in [5, 5.41) is 0. The van der Waals surface area contributed by atoms with E-state index in [2.05, 4.69) is 6.92 Å². The second-order valence-electron chi connectivity index (χ2n) is 3.68. The quantitative estimate of drug-likeness (QED) is 0.520. The highest BCUT2D eigenvalue weighted by Gasteiger charge is 2.48. The molecule has 1 aliphatic carbocycles. The average molecular weight is 126 g/mol. The van der Waals surface area contributed by atoms with Crippen molar-refractivity contribution in [2.45, 2.75) is 26.2 Å². The molecule has 1 aliphatic heterocycles. The van der Waals surface area contributed by atoms with Crippen LogP contribution in [-0.4, -0.2) is 13.2 Å². The van der Waals surface area contributed by atoms with Crippen molar-refractivity contribution >= 4 is 0 Å². The molecule has 1 spiro atoms. The lowest BCUT2D eigenvalue weighted by molar-refractivity contribution is -0.179. The molecule has 1 heteroatoms. The van der Waals surface area contributed by atoms with E-state index in [-0.39, 0.29) is 0 Å². The third-order valence-corrected chi connectivity index (χ3v) is 2.84. The molecule has 1 heterocycles. The van der Waals surface area contributed by atoms with Gasteiger partial charge in [0.15, 0.2) is 0 Å². The molecule has 2 fully saturated rings. The molecule has 9 heavy (non-hydrogen) atoms. The molecule has 0 aromatic heterocycles. The van der Waals surface area contributed by atoms with Gasteiger partial charge in [0.25, 0.3) is 0 Å². The SMILES string of the molecule is CCC1CC2(COC2)C1. The van der Waals surface area contributed by atoms with Crippen LogP contribution in [0.1, 0.15) is 26.2 Å². The first kappa shape index (κ1) is 5.72. The van der Waals surface area contributed by atoms with Crippen molar-refractivity contribution in [3.8, 4) is 0 Å². The first-order chi connectivity index (χ1) is 4.35. The predicted molar refractivity (Wildman–Crippen MR) is 36.3 cm³/mol. The molecule has 0 aromatic carbocycles. The Morgan fingerprint density at radius 2 is 2.11 bits per heavy atom. The van der Waals surface area contributed by atoms with Gasteiger partial charge in [-0.05, 0) is 18.8 Å². The van der Waals surface area contributed by atoms with Crippen LogP contribution >= 0.6 is 0 Å². The maximum atomic E-state index is 5.17. The van der Waals surface area contributed by atoms with Gasteiger partial charge in [0, 0.05) is 5.41 Å². The number of hydrogen-bond donors (Lipinski definition) is 0. The summed E-state index contributed by atoms with van der Waals surface area (Å²) in [5.74, 6) is 1.04. The lowest BCUT2D eigenvalue weighted by Gasteiger charge is -2.53. The van der Waals surface area contributed by atoms with E-state index in [9.17, 15) is 0 Å². The largest absolute Gasteiger partial charge is 0.380 e. The Bertz CT molecular complexity index is 108. The van der Waals surface area contributed by atoms with Gasteiger partial charge in [-0.25, -0.2) is 0 Å². The van der Waals surface area contributed by atoms with Gasteiger partial charge in [0.1, 0.15) is 0 Å². The molecule has 1 saturated carbocycles. The summed E-state index contributed by atoms with van der Waals surface area (Å²) in [4.78, 5) is 0. The topological polar surface area (TPSA) is 9.23 Å². The first-order valence-electron chi connectivity index (χ1n) is 3.92. The van der Waals surface area contributed by atoms with Crippen LogP contribution in [-0.2, 0) is 4.74 Å². The zero-order chi connectivity index (χ0) is 6.32. The molecule has 0 N–H and O–H groups in total. The average Bonchev–Trinajstić information content (AvgIpc) is 1.59. The summed E-state index contributed by atoms with van der Waals surface area (Å²) >= 11 is 0.